The van der Waals surface area contributed by atoms with Crippen LogP contribution in [-0.2, 0) is 6.42 Å². The number of hydrogen-bond acceptors (Lipinski definition) is 8. The summed E-state index contributed by atoms with van der Waals surface area (Å²) in [7, 11) is 0. The van der Waals surface area contributed by atoms with Crippen molar-refractivity contribution in [3.8, 4) is 17.1 Å². The van der Waals surface area contributed by atoms with E-state index in [-0.39, 0.29) is 17.7 Å². The monoisotopic (exact) mass is 374 g/mol. The average Bonchev–Trinajstić information content (AvgIpc) is 3.32. The maximum absolute atomic E-state index is 12.3. The molecule has 1 atom stereocenters. The number of fused-ring (bicyclic) bond motifs is 1. The Kier molecular flexibility index (Phi) is 4.18. The molecule has 1 amide bonds. The molecule has 3 aromatic rings. The first-order valence-electron chi connectivity index (χ1n) is 7.58. The van der Waals surface area contributed by atoms with Gasteiger partial charge in [0.1, 0.15) is 11.9 Å². The summed E-state index contributed by atoms with van der Waals surface area (Å²) in [4.78, 5) is 12.3. The van der Waals surface area contributed by atoms with Crippen molar-refractivity contribution >= 4 is 34.1 Å². The van der Waals surface area contributed by atoms with E-state index in [1.54, 1.807) is 6.07 Å². The lowest BCUT2D eigenvalue weighted by Crippen LogP contribution is -2.11. The van der Waals surface area contributed by atoms with Crippen LogP contribution in [0.15, 0.2) is 33.1 Å². The molecule has 1 aliphatic rings. The van der Waals surface area contributed by atoms with Crippen molar-refractivity contribution in [3.05, 3.63) is 35.5 Å². The van der Waals surface area contributed by atoms with Crippen molar-refractivity contribution < 1.29 is 14.1 Å². The SMILES string of the molecule is CSc1nnc(NC(=O)c2cc(-c3ccc4c(c3)CC(C)O4)on2)s1. The van der Waals surface area contributed by atoms with Gasteiger partial charge in [-0.15, -0.1) is 10.2 Å². The van der Waals surface area contributed by atoms with Crippen molar-refractivity contribution in [2.75, 3.05) is 11.6 Å². The molecular formula is C16H14N4O3S2. The number of nitrogens with zero attached hydrogens (tertiary/aromatic N) is 3. The third-order valence-corrected chi connectivity index (χ3v) is 5.54. The van der Waals surface area contributed by atoms with E-state index in [9.17, 15) is 4.79 Å². The molecule has 1 aliphatic heterocycles. The van der Waals surface area contributed by atoms with E-state index in [4.69, 9.17) is 9.26 Å². The number of rotatable bonds is 4. The number of aromatic nitrogens is 3. The number of anilines is 1. The van der Waals surface area contributed by atoms with Gasteiger partial charge in [0.15, 0.2) is 15.8 Å². The van der Waals surface area contributed by atoms with Gasteiger partial charge in [-0.25, -0.2) is 0 Å². The van der Waals surface area contributed by atoms with Gasteiger partial charge in [-0.05, 0) is 36.9 Å². The summed E-state index contributed by atoms with van der Waals surface area (Å²) in [6, 6.07) is 7.44. The minimum absolute atomic E-state index is 0.180. The summed E-state index contributed by atoms with van der Waals surface area (Å²) in [6.07, 6.45) is 2.94. The molecule has 25 heavy (non-hydrogen) atoms. The molecule has 0 spiro atoms. The van der Waals surface area contributed by atoms with Crippen molar-refractivity contribution in [2.24, 2.45) is 0 Å². The molecule has 0 radical (unpaired) electrons. The van der Waals surface area contributed by atoms with Gasteiger partial charge in [-0.1, -0.05) is 28.3 Å². The summed E-state index contributed by atoms with van der Waals surface area (Å²) in [5.74, 6) is 1.06. The molecule has 0 bridgehead atoms. The molecule has 7 nitrogen and oxygen atoms in total. The Bertz CT molecular complexity index is 937. The predicted molar refractivity (Wildman–Crippen MR) is 95.4 cm³/mol. The van der Waals surface area contributed by atoms with E-state index < -0.39 is 0 Å². The van der Waals surface area contributed by atoms with E-state index in [1.165, 1.54) is 23.1 Å². The van der Waals surface area contributed by atoms with Crippen LogP contribution >= 0.6 is 23.1 Å². The van der Waals surface area contributed by atoms with Crippen LogP contribution in [0.4, 0.5) is 5.13 Å². The minimum atomic E-state index is -0.378. The molecule has 1 unspecified atom stereocenters. The fourth-order valence-electron chi connectivity index (χ4n) is 2.60. The first-order chi connectivity index (χ1) is 12.1. The third kappa shape index (κ3) is 3.24. The fourth-order valence-corrected chi connectivity index (χ4v) is 3.76. The van der Waals surface area contributed by atoms with Crippen molar-refractivity contribution in [2.45, 2.75) is 23.8 Å². The fraction of sp³-hybridized carbons (Fsp3) is 0.250. The van der Waals surface area contributed by atoms with Crippen LogP contribution in [0.25, 0.3) is 11.3 Å². The first-order valence-corrected chi connectivity index (χ1v) is 9.62. The van der Waals surface area contributed by atoms with Crippen LogP contribution in [0.1, 0.15) is 23.0 Å². The molecule has 0 saturated carbocycles. The van der Waals surface area contributed by atoms with Gasteiger partial charge in [-0.2, -0.15) is 0 Å². The van der Waals surface area contributed by atoms with Gasteiger partial charge in [0.2, 0.25) is 5.13 Å². The average molecular weight is 374 g/mol. The van der Waals surface area contributed by atoms with Gasteiger partial charge in [0, 0.05) is 18.1 Å². The van der Waals surface area contributed by atoms with Crippen LogP contribution in [0, 0.1) is 0 Å². The summed E-state index contributed by atoms with van der Waals surface area (Å²) in [5.41, 5.74) is 2.19. The Morgan fingerprint density at radius 1 is 1.36 bits per heavy atom. The van der Waals surface area contributed by atoms with E-state index in [1.807, 2.05) is 31.4 Å². The molecule has 9 heteroatoms. The Labute approximate surface area is 151 Å². The Hall–Kier alpha value is -2.39. The minimum Gasteiger partial charge on any atom is -0.490 e. The Balaban J connectivity index is 1.52. The number of benzene rings is 1. The molecule has 3 heterocycles. The maximum Gasteiger partial charge on any atom is 0.279 e. The van der Waals surface area contributed by atoms with Gasteiger partial charge in [-0.3, -0.25) is 10.1 Å². The number of hydrogen-bond donors (Lipinski definition) is 1. The smallest absolute Gasteiger partial charge is 0.279 e. The van der Waals surface area contributed by atoms with Crippen molar-refractivity contribution in [1.29, 1.82) is 0 Å². The molecule has 1 N–H and O–H groups in total. The number of amides is 1. The summed E-state index contributed by atoms with van der Waals surface area (Å²) in [5, 5.41) is 14.8. The van der Waals surface area contributed by atoms with E-state index in [2.05, 4.69) is 20.7 Å². The highest BCUT2D eigenvalue weighted by Crippen LogP contribution is 2.33. The lowest BCUT2D eigenvalue weighted by molar-refractivity contribution is 0.101. The van der Waals surface area contributed by atoms with Crippen LogP contribution in [0.5, 0.6) is 5.75 Å². The molecule has 2 aromatic heterocycles. The zero-order chi connectivity index (χ0) is 17.4. The van der Waals surface area contributed by atoms with Crippen molar-refractivity contribution in [3.63, 3.8) is 0 Å². The van der Waals surface area contributed by atoms with E-state index >= 15 is 0 Å². The van der Waals surface area contributed by atoms with Gasteiger partial charge < -0.3 is 9.26 Å². The number of nitrogens with one attached hydrogen (secondary N) is 1. The molecule has 0 fully saturated rings. The van der Waals surface area contributed by atoms with E-state index in [0.717, 1.165) is 27.6 Å². The zero-order valence-corrected chi connectivity index (χ0v) is 15.1. The van der Waals surface area contributed by atoms with E-state index in [0.29, 0.717) is 10.9 Å². The third-order valence-electron chi connectivity index (χ3n) is 3.72. The summed E-state index contributed by atoms with van der Waals surface area (Å²) >= 11 is 2.78. The van der Waals surface area contributed by atoms with Gasteiger partial charge in [0.25, 0.3) is 5.91 Å². The summed E-state index contributed by atoms with van der Waals surface area (Å²) in [6.45, 7) is 2.03. The van der Waals surface area contributed by atoms with Crippen LogP contribution < -0.4 is 10.1 Å². The lowest BCUT2D eigenvalue weighted by Gasteiger charge is -2.02. The number of carbonyl (C=O) groups excluding carboxylic acids is 1. The topological polar surface area (TPSA) is 90.1 Å². The largest absolute Gasteiger partial charge is 0.490 e. The molecule has 0 saturated heterocycles. The molecule has 4 rings (SSSR count). The van der Waals surface area contributed by atoms with Crippen LogP contribution in [0.2, 0.25) is 0 Å². The normalized spacial score (nSPS) is 15.7. The van der Waals surface area contributed by atoms with Crippen LogP contribution in [-0.4, -0.2) is 33.6 Å². The second kappa shape index (κ2) is 6.49. The first kappa shape index (κ1) is 16.1. The Morgan fingerprint density at radius 3 is 3.04 bits per heavy atom. The number of carbonyl (C=O) groups is 1. The number of ether oxygens (including phenoxy) is 1. The van der Waals surface area contributed by atoms with Crippen LogP contribution in [0.3, 0.4) is 0 Å². The second-order valence-electron chi connectivity index (χ2n) is 5.56. The Morgan fingerprint density at radius 2 is 2.24 bits per heavy atom. The maximum atomic E-state index is 12.3. The predicted octanol–water partition coefficient (Wildman–Crippen LogP) is 3.49. The van der Waals surface area contributed by atoms with Gasteiger partial charge in [0.05, 0.1) is 0 Å². The molecule has 128 valence electrons. The molecular weight excluding hydrogens is 360 g/mol. The highest BCUT2D eigenvalue weighted by molar-refractivity contribution is 8.00. The van der Waals surface area contributed by atoms with Gasteiger partial charge >= 0.3 is 0 Å². The zero-order valence-electron chi connectivity index (χ0n) is 13.5. The van der Waals surface area contributed by atoms with Crippen molar-refractivity contribution in [1.82, 2.24) is 15.4 Å². The highest BCUT2D eigenvalue weighted by atomic mass is 32.2. The standard InChI is InChI=1S/C16H14N4O3S2/c1-8-5-10-6-9(3-4-12(10)22-8)13-7-11(20-23-13)14(21)17-15-18-19-16(24-2)25-15/h3-4,6-8H,5H2,1-2H3,(H,17,18,21). The summed E-state index contributed by atoms with van der Waals surface area (Å²) < 4.78 is 11.8. The number of thioether (sulfide) groups is 1. The lowest BCUT2D eigenvalue weighted by atomic mass is 10.1. The molecule has 1 aromatic carbocycles. The second-order valence-corrected chi connectivity index (χ2v) is 7.59. The molecule has 0 aliphatic carbocycles. The highest BCUT2D eigenvalue weighted by Gasteiger charge is 2.21. The quantitative estimate of drug-likeness (QED) is 0.552.